The van der Waals surface area contributed by atoms with Gasteiger partial charge in [-0.3, -0.25) is 4.98 Å². The number of pyridine rings is 1. The quantitative estimate of drug-likeness (QED) is 0.807. The third kappa shape index (κ3) is 3.64. The number of ether oxygens (including phenoxy) is 1. The van der Waals surface area contributed by atoms with E-state index in [0.717, 1.165) is 43.7 Å². The number of hydrogen-bond acceptors (Lipinski definition) is 6. The molecule has 2 aromatic rings. The topological polar surface area (TPSA) is 68.2 Å². The van der Waals surface area contributed by atoms with E-state index in [2.05, 4.69) is 19.9 Å². The lowest BCUT2D eigenvalue weighted by atomic mass is 10.1. The molecule has 0 amide bonds. The van der Waals surface area contributed by atoms with Gasteiger partial charge in [0.15, 0.2) is 0 Å². The highest BCUT2D eigenvalue weighted by atomic mass is 16.5. The molecular formula is C17H20N4O2. The second-order valence-electron chi connectivity index (χ2n) is 5.55. The highest BCUT2D eigenvalue weighted by Gasteiger charge is 2.24. The van der Waals surface area contributed by atoms with Crippen molar-refractivity contribution in [2.75, 3.05) is 18.0 Å². The largest absolute Gasteiger partial charge is 0.459 e. The number of hydrogen-bond donors (Lipinski definition) is 0. The number of nitrogens with zero attached hydrogens (tertiary/aromatic N) is 4. The maximum Gasteiger partial charge on any atom is 0.338 e. The highest BCUT2D eigenvalue weighted by Crippen LogP contribution is 2.20. The highest BCUT2D eigenvalue weighted by molar-refractivity contribution is 5.91. The van der Waals surface area contributed by atoms with E-state index in [9.17, 15) is 4.79 Å². The van der Waals surface area contributed by atoms with Crippen LogP contribution < -0.4 is 4.90 Å². The average Bonchev–Trinajstić information content (AvgIpc) is 2.63. The minimum Gasteiger partial charge on any atom is -0.459 e. The fourth-order valence-electron chi connectivity index (χ4n) is 2.80. The van der Waals surface area contributed by atoms with Crippen LogP contribution in [0.1, 0.15) is 35.7 Å². The Labute approximate surface area is 135 Å². The molecule has 0 aliphatic carbocycles. The number of aromatic nitrogens is 3. The summed E-state index contributed by atoms with van der Waals surface area (Å²) >= 11 is 0. The first-order valence-electron chi connectivity index (χ1n) is 7.92. The Bertz CT molecular complexity index is 655. The molecule has 23 heavy (non-hydrogen) atoms. The van der Waals surface area contributed by atoms with Gasteiger partial charge in [0, 0.05) is 44.5 Å². The van der Waals surface area contributed by atoms with Crippen LogP contribution in [0, 0.1) is 0 Å². The van der Waals surface area contributed by atoms with E-state index in [1.807, 2.05) is 13.0 Å². The monoisotopic (exact) mass is 312 g/mol. The van der Waals surface area contributed by atoms with Gasteiger partial charge in [0.1, 0.15) is 18.2 Å². The summed E-state index contributed by atoms with van der Waals surface area (Å²) < 4.78 is 5.68. The lowest BCUT2D eigenvalue weighted by molar-refractivity contribution is 0.0243. The molecule has 0 atom stereocenters. The Morgan fingerprint density at radius 3 is 2.74 bits per heavy atom. The standard InChI is InChI=1S/C17H20N4O2/c1-2-13-11-18-7-3-15(13)17(22)23-14-5-9-21(10-6-14)16-4-8-19-12-20-16/h3-4,7-8,11-12,14H,2,5-6,9-10H2,1H3. The van der Waals surface area contributed by atoms with Gasteiger partial charge in [0.2, 0.25) is 0 Å². The van der Waals surface area contributed by atoms with E-state index >= 15 is 0 Å². The predicted molar refractivity (Wildman–Crippen MR) is 86.3 cm³/mol. The molecule has 2 aromatic heterocycles. The van der Waals surface area contributed by atoms with Crippen molar-refractivity contribution in [3.63, 3.8) is 0 Å². The number of anilines is 1. The van der Waals surface area contributed by atoms with Gasteiger partial charge in [0.05, 0.1) is 5.56 Å². The third-order valence-corrected chi connectivity index (χ3v) is 4.11. The summed E-state index contributed by atoms with van der Waals surface area (Å²) in [4.78, 5) is 26.8. The summed E-state index contributed by atoms with van der Waals surface area (Å²) in [7, 11) is 0. The summed E-state index contributed by atoms with van der Waals surface area (Å²) in [6.07, 6.45) is 9.00. The lowest BCUT2D eigenvalue weighted by Crippen LogP contribution is -2.38. The molecule has 3 rings (SSSR count). The second kappa shape index (κ2) is 7.17. The first-order chi connectivity index (χ1) is 11.3. The third-order valence-electron chi connectivity index (χ3n) is 4.11. The number of carbonyl (C=O) groups is 1. The Balaban J connectivity index is 1.57. The number of carbonyl (C=O) groups excluding carboxylic acids is 1. The van der Waals surface area contributed by atoms with Crippen LogP contribution in [-0.2, 0) is 11.2 Å². The SMILES string of the molecule is CCc1cnccc1C(=O)OC1CCN(c2ccncn2)CC1. The maximum atomic E-state index is 12.4. The van der Waals surface area contributed by atoms with Crippen molar-refractivity contribution in [2.45, 2.75) is 32.3 Å². The van der Waals surface area contributed by atoms with E-state index < -0.39 is 0 Å². The van der Waals surface area contributed by atoms with Crippen LogP contribution in [0.3, 0.4) is 0 Å². The van der Waals surface area contributed by atoms with E-state index in [1.54, 1.807) is 31.0 Å². The summed E-state index contributed by atoms with van der Waals surface area (Å²) in [5.41, 5.74) is 1.55. The number of piperidine rings is 1. The molecule has 0 radical (unpaired) electrons. The van der Waals surface area contributed by atoms with Crippen LogP contribution in [0.4, 0.5) is 5.82 Å². The Morgan fingerprint density at radius 1 is 1.26 bits per heavy atom. The van der Waals surface area contributed by atoms with E-state index in [-0.39, 0.29) is 12.1 Å². The van der Waals surface area contributed by atoms with Gasteiger partial charge in [-0.05, 0) is 24.1 Å². The molecule has 3 heterocycles. The molecule has 0 spiro atoms. The molecule has 0 bridgehead atoms. The van der Waals surface area contributed by atoms with Crippen LogP contribution in [0.5, 0.6) is 0 Å². The molecular weight excluding hydrogens is 292 g/mol. The molecule has 0 N–H and O–H groups in total. The van der Waals surface area contributed by atoms with Crippen molar-refractivity contribution in [3.8, 4) is 0 Å². The predicted octanol–water partition coefficient (Wildman–Crippen LogP) is 2.26. The molecule has 1 aliphatic rings. The Kier molecular flexibility index (Phi) is 4.80. The van der Waals surface area contributed by atoms with Gasteiger partial charge in [0.25, 0.3) is 0 Å². The lowest BCUT2D eigenvalue weighted by Gasteiger charge is -2.32. The van der Waals surface area contributed by atoms with E-state index in [0.29, 0.717) is 5.56 Å². The second-order valence-corrected chi connectivity index (χ2v) is 5.55. The smallest absolute Gasteiger partial charge is 0.338 e. The van der Waals surface area contributed by atoms with Gasteiger partial charge in [-0.1, -0.05) is 6.92 Å². The van der Waals surface area contributed by atoms with Crippen molar-refractivity contribution in [3.05, 3.63) is 48.2 Å². The number of esters is 1. The number of rotatable bonds is 4. The van der Waals surface area contributed by atoms with Crippen LogP contribution in [0.2, 0.25) is 0 Å². The Morgan fingerprint density at radius 2 is 2.04 bits per heavy atom. The summed E-state index contributed by atoms with van der Waals surface area (Å²) in [6, 6.07) is 3.63. The van der Waals surface area contributed by atoms with Crippen molar-refractivity contribution in [1.82, 2.24) is 15.0 Å². The molecule has 6 heteroatoms. The summed E-state index contributed by atoms with van der Waals surface area (Å²) in [5.74, 6) is 0.678. The molecule has 0 aromatic carbocycles. The minimum absolute atomic E-state index is 0.0431. The zero-order valence-corrected chi connectivity index (χ0v) is 13.2. The molecule has 1 aliphatic heterocycles. The minimum atomic E-state index is -0.246. The first-order valence-corrected chi connectivity index (χ1v) is 7.92. The van der Waals surface area contributed by atoms with Gasteiger partial charge in [-0.2, -0.15) is 0 Å². The van der Waals surface area contributed by atoms with Crippen LogP contribution in [0.25, 0.3) is 0 Å². The molecule has 1 saturated heterocycles. The van der Waals surface area contributed by atoms with Crippen molar-refractivity contribution >= 4 is 11.8 Å². The number of aryl methyl sites for hydroxylation is 1. The van der Waals surface area contributed by atoms with Crippen molar-refractivity contribution in [1.29, 1.82) is 0 Å². The van der Waals surface area contributed by atoms with Gasteiger partial charge in [-0.25, -0.2) is 14.8 Å². The zero-order valence-electron chi connectivity index (χ0n) is 13.2. The fourth-order valence-corrected chi connectivity index (χ4v) is 2.80. The fraction of sp³-hybridized carbons (Fsp3) is 0.412. The zero-order chi connectivity index (χ0) is 16.1. The van der Waals surface area contributed by atoms with Gasteiger partial charge in [-0.15, -0.1) is 0 Å². The van der Waals surface area contributed by atoms with E-state index in [4.69, 9.17) is 4.74 Å². The van der Waals surface area contributed by atoms with Crippen molar-refractivity contribution in [2.24, 2.45) is 0 Å². The summed E-state index contributed by atoms with van der Waals surface area (Å²) in [5, 5.41) is 0. The normalized spacial score (nSPS) is 15.4. The molecule has 1 fully saturated rings. The van der Waals surface area contributed by atoms with Gasteiger partial charge >= 0.3 is 5.97 Å². The van der Waals surface area contributed by atoms with Crippen LogP contribution in [-0.4, -0.2) is 40.1 Å². The first kappa shape index (κ1) is 15.4. The Hall–Kier alpha value is -2.50. The molecule has 120 valence electrons. The van der Waals surface area contributed by atoms with Crippen molar-refractivity contribution < 1.29 is 9.53 Å². The molecule has 6 nitrogen and oxygen atoms in total. The van der Waals surface area contributed by atoms with Crippen LogP contribution >= 0.6 is 0 Å². The van der Waals surface area contributed by atoms with Gasteiger partial charge < -0.3 is 9.64 Å². The average molecular weight is 312 g/mol. The maximum absolute atomic E-state index is 12.4. The van der Waals surface area contributed by atoms with Crippen LogP contribution in [0.15, 0.2) is 37.1 Å². The summed E-state index contributed by atoms with van der Waals surface area (Å²) in [6.45, 7) is 3.66. The molecule has 0 saturated carbocycles. The molecule has 0 unspecified atom stereocenters. The van der Waals surface area contributed by atoms with E-state index in [1.165, 1.54) is 0 Å².